The van der Waals surface area contributed by atoms with Crippen molar-refractivity contribution < 1.29 is 9.47 Å². The maximum atomic E-state index is 6.50. The molecule has 0 bridgehead atoms. The van der Waals surface area contributed by atoms with Gasteiger partial charge in [0.15, 0.2) is 5.11 Å². The van der Waals surface area contributed by atoms with Crippen molar-refractivity contribution in [2.75, 3.05) is 19.1 Å². The summed E-state index contributed by atoms with van der Waals surface area (Å²) < 4.78 is 13.0. The van der Waals surface area contributed by atoms with Gasteiger partial charge in [0, 0.05) is 35.5 Å². The Morgan fingerprint density at radius 3 is 2.56 bits per heavy atom. The quantitative estimate of drug-likeness (QED) is 0.349. The summed E-state index contributed by atoms with van der Waals surface area (Å²) in [5, 5.41) is 4.61. The fourth-order valence-corrected chi connectivity index (χ4v) is 4.97. The first-order valence-corrected chi connectivity index (χ1v) is 11.5. The third-order valence-electron chi connectivity index (χ3n) is 5.93. The number of methoxy groups -OCH3 is 2. The maximum absolute atomic E-state index is 6.50. The number of ether oxygens (including phenoxy) is 2. The van der Waals surface area contributed by atoms with Crippen molar-refractivity contribution in [3.8, 4) is 17.2 Å². The van der Waals surface area contributed by atoms with Crippen molar-refractivity contribution in [3.05, 3.63) is 102 Å². The maximum Gasteiger partial charge on any atom is 0.174 e. The first-order valence-electron chi connectivity index (χ1n) is 10.8. The van der Waals surface area contributed by atoms with Crippen LogP contribution in [0.15, 0.2) is 85.2 Å². The van der Waals surface area contributed by atoms with Gasteiger partial charge in [-0.05, 0) is 66.8 Å². The van der Waals surface area contributed by atoms with Crippen LogP contribution in [0, 0.1) is 0 Å². The Balaban J connectivity index is 1.66. The Hall–Kier alpha value is -3.55. The van der Waals surface area contributed by atoms with Crippen LogP contribution in [0.2, 0.25) is 5.02 Å². The molecular formula is C26H23ClN4O2S. The highest BCUT2D eigenvalue weighted by molar-refractivity contribution is 7.80. The molecule has 0 unspecified atom stereocenters. The Bertz CT molecular complexity index is 1330. The minimum atomic E-state index is -0.187. The summed E-state index contributed by atoms with van der Waals surface area (Å²) in [7, 11) is 3.27. The van der Waals surface area contributed by atoms with E-state index in [9.17, 15) is 0 Å². The van der Waals surface area contributed by atoms with E-state index in [0.29, 0.717) is 15.9 Å². The zero-order valence-electron chi connectivity index (χ0n) is 18.7. The minimum Gasteiger partial charge on any atom is -0.497 e. The van der Waals surface area contributed by atoms with E-state index in [-0.39, 0.29) is 12.1 Å². The van der Waals surface area contributed by atoms with Gasteiger partial charge in [-0.3, -0.25) is 4.98 Å². The third-order valence-corrected chi connectivity index (χ3v) is 6.54. The predicted octanol–water partition coefficient (Wildman–Crippen LogP) is 5.72. The molecule has 6 nitrogen and oxygen atoms in total. The van der Waals surface area contributed by atoms with Crippen LogP contribution in [0.4, 0.5) is 5.69 Å². The van der Waals surface area contributed by atoms with Crippen LogP contribution < -0.4 is 19.7 Å². The fraction of sp³-hybridized carbons (Fsp3) is 0.154. The lowest BCUT2D eigenvalue weighted by atomic mass is 10.0. The van der Waals surface area contributed by atoms with E-state index in [1.807, 2.05) is 66.9 Å². The molecule has 2 aromatic heterocycles. The second-order valence-corrected chi connectivity index (χ2v) is 8.61. The molecule has 172 valence electrons. The number of hydrogen-bond acceptors (Lipinski definition) is 4. The van der Waals surface area contributed by atoms with Gasteiger partial charge in [0.25, 0.3) is 0 Å². The highest BCUT2D eigenvalue weighted by Gasteiger charge is 2.42. The van der Waals surface area contributed by atoms with Gasteiger partial charge in [0.05, 0.1) is 31.0 Å². The fourth-order valence-electron chi connectivity index (χ4n) is 4.37. The van der Waals surface area contributed by atoms with Crippen molar-refractivity contribution in [2.24, 2.45) is 0 Å². The van der Waals surface area contributed by atoms with Gasteiger partial charge in [-0.2, -0.15) is 0 Å². The van der Waals surface area contributed by atoms with Gasteiger partial charge in [-0.1, -0.05) is 23.7 Å². The van der Waals surface area contributed by atoms with Crippen molar-refractivity contribution in [2.45, 2.75) is 12.1 Å². The standard InChI is InChI=1S/C26H23ClN4O2S/c1-32-19-8-5-7-17(15-19)30-14-6-10-22(30)25-24(21-9-3-4-13-28-21)29-26(34)31(25)18-11-12-23(33-2)20(27)16-18/h3-16,24-25H,1-2H3,(H,29,34)/t24-,25-/m1/s1. The van der Waals surface area contributed by atoms with Crippen LogP contribution >= 0.6 is 23.8 Å². The molecule has 4 aromatic rings. The molecule has 1 fully saturated rings. The number of benzene rings is 2. The van der Waals surface area contributed by atoms with Gasteiger partial charge in [0.1, 0.15) is 17.5 Å². The van der Waals surface area contributed by atoms with Crippen molar-refractivity contribution in [1.82, 2.24) is 14.9 Å². The van der Waals surface area contributed by atoms with Gasteiger partial charge in [-0.15, -0.1) is 0 Å². The summed E-state index contributed by atoms with van der Waals surface area (Å²) in [6.45, 7) is 0. The first-order chi connectivity index (χ1) is 16.6. The normalized spacial score (nSPS) is 17.5. The summed E-state index contributed by atoms with van der Waals surface area (Å²) in [6.07, 6.45) is 3.84. The number of anilines is 1. The van der Waals surface area contributed by atoms with Crippen molar-refractivity contribution >= 4 is 34.6 Å². The SMILES string of the molecule is COc1cccc(-n2cccc2[C@@H]2[C@@H](c3ccccn3)NC(=S)N2c2ccc(OC)c(Cl)c2)c1. The second kappa shape index (κ2) is 9.37. The van der Waals surface area contributed by atoms with E-state index in [4.69, 9.17) is 33.3 Å². The molecular weight excluding hydrogens is 468 g/mol. The monoisotopic (exact) mass is 490 g/mol. The van der Waals surface area contributed by atoms with Crippen LogP contribution in [0.25, 0.3) is 5.69 Å². The van der Waals surface area contributed by atoms with Gasteiger partial charge in [0.2, 0.25) is 0 Å². The third kappa shape index (κ3) is 3.97. The molecule has 0 amide bonds. The van der Waals surface area contributed by atoms with Crippen molar-refractivity contribution in [3.63, 3.8) is 0 Å². The predicted molar refractivity (Wildman–Crippen MR) is 138 cm³/mol. The summed E-state index contributed by atoms with van der Waals surface area (Å²) in [5.74, 6) is 1.40. The summed E-state index contributed by atoms with van der Waals surface area (Å²) >= 11 is 12.3. The Morgan fingerprint density at radius 1 is 0.941 bits per heavy atom. The lowest BCUT2D eigenvalue weighted by Crippen LogP contribution is -2.30. The number of pyridine rings is 1. The Morgan fingerprint density at radius 2 is 1.82 bits per heavy atom. The molecule has 1 aliphatic rings. The molecule has 1 N–H and O–H groups in total. The molecule has 34 heavy (non-hydrogen) atoms. The van der Waals surface area contributed by atoms with E-state index < -0.39 is 0 Å². The largest absolute Gasteiger partial charge is 0.497 e. The molecule has 2 aromatic carbocycles. The highest BCUT2D eigenvalue weighted by Crippen LogP contribution is 2.43. The topological polar surface area (TPSA) is 51.5 Å². The van der Waals surface area contributed by atoms with E-state index in [1.165, 1.54) is 0 Å². The van der Waals surface area contributed by atoms with E-state index in [2.05, 4.69) is 31.9 Å². The molecule has 0 aliphatic carbocycles. The van der Waals surface area contributed by atoms with E-state index in [1.54, 1.807) is 20.4 Å². The van der Waals surface area contributed by atoms with Crippen LogP contribution in [-0.4, -0.2) is 28.9 Å². The van der Waals surface area contributed by atoms with Crippen LogP contribution in [-0.2, 0) is 0 Å². The highest BCUT2D eigenvalue weighted by atomic mass is 35.5. The zero-order valence-corrected chi connectivity index (χ0v) is 20.3. The first kappa shape index (κ1) is 22.3. The van der Waals surface area contributed by atoms with Crippen LogP contribution in [0.3, 0.4) is 0 Å². The van der Waals surface area contributed by atoms with Gasteiger partial charge < -0.3 is 24.3 Å². The summed E-state index contributed by atoms with van der Waals surface area (Å²) in [4.78, 5) is 6.72. The number of aromatic nitrogens is 2. The van der Waals surface area contributed by atoms with E-state index >= 15 is 0 Å². The molecule has 8 heteroatoms. The molecule has 3 heterocycles. The van der Waals surface area contributed by atoms with Gasteiger partial charge >= 0.3 is 0 Å². The molecule has 5 rings (SSSR count). The number of thiocarbonyl (C=S) groups is 1. The molecule has 0 radical (unpaired) electrons. The Kier molecular flexibility index (Phi) is 6.13. The molecule has 0 saturated carbocycles. The number of halogens is 1. The number of hydrogen-bond donors (Lipinski definition) is 1. The molecule has 2 atom stereocenters. The lowest BCUT2D eigenvalue weighted by molar-refractivity contribution is 0.414. The van der Waals surface area contributed by atoms with Crippen LogP contribution in [0.5, 0.6) is 11.5 Å². The van der Waals surface area contributed by atoms with Crippen molar-refractivity contribution in [1.29, 1.82) is 0 Å². The number of nitrogens with zero attached hydrogens (tertiary/aromatic N) is 3. The summed E-state index contributed by atoms with van der Waals surface area (Å²) in [6, 6.07) is 23.3. The number of rotatable bonds is 6. The summed E-state index contributed by atoms with van der Waals surface area (Å²) in [5.41, 5.74) is 3.80. The molecule has 1 aliphatic heterocycles. The van der Waals surface area contributed by atoms with Crippen LogP contribution in [0.1, 0.15) is 23.5 Å². The van der Waals surface area contributed by atoms with E-state index in [0.717, 1.165) is 28.5 Å². The molecule has 1 saturated heterocycles. The average Bonchev–Trinajstić information content (AvgIpc) is 3.49. The molecule has 0 spiro atoms. The second-order valence-electron chi connectivity index (χ2n) is 7.82. The minimum absolute atomic E-state index is 0.172. The number of nitrogens with one attached hydrogen (secondary N) is 1. The Labute approximate surface area is 208 Å². The van der Waals surface area contributed by atoms with Gasteiger partial charge in [-0.25, -0.2) is 0 Å². The smallest absolute Gasteiger partial charge is 0.174 e. The average molecular weight is 491 g/mol. The zero-order chi connectivity index (χ0) is 23.7. The lowest BCUT2D eigenvalue weighted by Gasteiger charge is -2.29.